The average molecular weight is 230 g/mol. The van der Waals surface area contributed by atoms with Gasteiger partial charge in [0.2, 0.25) is 0 Å². The Morgan fingerprint density at radius 3 is 3.13 bits per heavy atom. The third-order valence-corrected chi connectivity index (χ3v) is 2.43. The molecular weight excluding hydrogens is 216 g/mol. The van der Waals surface area contributed by atoms with E-state index in [0.29, 0.717) is 30.6 Å². The topological polar surface area (TPSA) is 60.5 Å². The summed E-state index contributed by atoms with van der Waals surface area (Å²) in [7, 11) is 1.34. The molecule has 5 nitrogen and oxygen atoms in total. The first kappa shape index (κ1) is 11.9. The number of esters is 1. The number of thiazole rings is 1. The van der Waals surface area contributed by atoms with Gasteiger partial charge in [0, 0.05) is 18.5 Å². The van der Waals surface area contributed by atoms with Crippen molar-refractivity contribution in [2.45, 2.75) is 6.92 Å². The van der Waals surface area contributed by atoms with Crippen molar-refractivity contribution in [3.63, 3.8) is 0 Å². The molecule has 1 aromatic rings. The van der Waals surface area contributed by atoms with E-state index in [9.17, 15) is 4.79 Å². The van der Waals surface area contributed by atoms with Crippen LogP contribution in [0.25, 0.3) is 0 Å². The second-order valence-electron chi connectivity index (χ2n) is 2.65. The third-order valence-electron chi connectivity index (χ3n) is 1.63. The van der Waals surface area contributed by atoms with Crippen LogP contribution in [0.15, 0.2) is 5.38 Å². The number of aromatic nitrogens is 1. The van der Waals surface area contributed by atoms with Crippen LogP contribution in [0.4, 0.5) is 5.13 Å². The smallest absolute Gasteiger partial charge is 0.357 e. The molecule has 0 fully saturated rings. The summed E-state index contributed by atoms with van der Waals surface area (Å²) in [4.78, 5) is 15.1. The lowest BCUT2D eigenvalue weighted by Crippen LogP contribution is -2.09. The summed E-state index contributed by atoms with van der Waals surface area (Å²) in [6.45, 7) is 3.96. The maximum absolute atomic E-state index is 11.1. The Labute approximate surface area is 92.4 Å². The van der Waals surface area contributed by atoms with E-state index < -0.39 is 5.97 Å². The predicted octanol–water partition coefficient (Wildman–Crippen LogP) is 1.38. The van der Waals surface area contributed by atoms with Gasteiger partial charge >= 0.3 is 5.97 Å². The van der Waals surface area contributed by atoms with Crippen molar-refractivity contribution in [2.75, 3.05) is 32.2 Å². The van der Waals surface area contributed by atoms with Crippen LogP contribution in [0.5, 0.6) is 0 Å². The number of rotatable bonds is 6. The van der Waals surface area contributed by atoms with E-state index in [2.05, 4.69) is 15.0 Å². The maximum atomic E-state index is 11.1. The number of ether oxygens (including phenoxy) is 2. The molecule has 6 heteroatoms. The normalized spacial score (nSPS) is 10.0. The van der Waals surface area contributed by atoms with E-state index >= 15 is 0 Å². The Balaban J connectivity index is 2.36. The third kappa shape index (κ3) is 3.85. The molecule has 0 aliphatic heterocycles. The highest BCUT2D eigenvalue weighted by Crippen LogP contribution is 2.15. The SMILES string of the molecule is CCOCCNc1nc(C(=O)OC)cs1. The van der Waals surface area contributed by atoms with Gasteiger partial charge in [0.25, 0.3) is 0 Å². The number of anilines is 1. The Kier molecular flexibility index (Phi) is 5.06. The van der Waals surface area contributed by atoms with Crippen LogP contribution in [-0.4, -0.2) is 37.8 Å². The molecule has 0 bridgehead atoms. The summed E-state index contributed by atoms with van der Waals surface area (Å²) in [5, 5.41) is 5.42. The summed E-state index contributed by atoms with van der Waals surface area (Å²) < 4.78 is 9.70. The summed E-state index contributed by atoms with van der Waals surface area (Å²) >= 11 is 1.37. The largest absolute Gasteiger partial charge is 0.464 e. The van der Waals surface area contributed by atoms with Crippen LogP contribution < -0.4 is 5.32 Å². The maximum Gasteiger partial charge on any atom is 0.357 e. The molecule has 0 saturated heterocycles. The first-order valence-corrected chi connectivity index (χ1v) is 5.51. The van der Waals surface area contributed by atoms with Gasteiger partial charge in [-0.2, -0.15) is 0 Å². The summed E-state index contributed by atoms with van der Waals surface area (Å²) in [6.07, 6.45) is 0. The van der Waals surface area contributed by atoms with Crippen LogP contribution in [-0.2, 0) is 9.47 Å². The molecule has 0 atom stereocenters. The van der Waals surface area contributed by atoms with Gasteiger partial charge in [-0.1, -0.05) is 0 Å². The molecule has 84 valence electrons. The molecule has 0 aliphatic rings. The number of carbonyl (C=O) groups is 1. The van der Waals surface area contributed by atoms with Crippen LogP contribution in [0.2, 0.25) is 0 Å². The van der Waals surface area contributed by atoms with E-state index in [1.807, 2.05) is 6.92 Å². The molecule has 0 radical (unpaired) electrons. The van der Waals surface area contributed by atoms with Crippen molar-refractivity contribution in [3.8, 4) is 0 Å². The molecule has 1 N–H and O–H groups in total. The molecule has 1 heterocycles. The summed E-state index contributed by atoms with van der Waals surface area (Å²) in [6, 6.07) is 0. The van der Waals surface area contributed by atoms with Gasteiger partial charge in [0.05, 0.1) is 13.7 Å². The van der Waals surface area contributed by atoms with Crippen molar-refractivity contribution < 1.29 is 14.3 Å². The Bertz CT molecular complexity index is 314. The fraction of sp³-hybridized carbons (Fsp3) is 0.556. The van der Waals surface area contributed by atoms with Gasteiger partial charge in [0.1, 0.15) is 0 Å². The average Bonchev–Trinajstić information content (AvgIpc) is 2.72. The van der Waals surface area contributed by atoms with Gasteiger partial charge < -0.3 is 14.8 Å². The van der Waals surface area contributed by atoms with E-state index in [1.54, 1.807) is 5.38 Å². The van der Waals surface area contributed by atoms with Crippen molar-refractivity contribution in [3.05, 3.63) is 11.1 Å². The number of hydrogen-bond donors (Lipinski definition) is 1. The lowest BCUT2D eigenvalue weighted by Gasteiger charge is -2.01. The second kappa shape index (κ2) is 6.36. The molecule has 0 spiro atoms. The van der Waals surface area contributed by atoms with Crippen molar-refractivity contribution in [2.24, 2.45) is 0 Å². The second-order valence-corrected chi connectivity index (χ2v) is 3.51. The quantitative estimate of drug-likeness (QED) is 0.591. The Morgan fingerprint density at radius 2 is 2.47 bits per heavy atom. The van der Waals surface area contributed by atoms with Crippen molar-refractivity contribution >= 4 is 22.4 Å². The minimum Gasteiger partial charge on any atom is -0.464 e. The zero-order valence-electron chi connectivity index (χ0n) is 8.78. The lowest BCUT2D eigenvalue weighted by molar-refractivity contribution is 0.0595. The number of hydrogen-bond acceptors (Lipinski definition) is 6. The van der Waals surface area contributed by atoms with Gasteiger partial charge in [-0.15, -0.1) is 11.3 Å². The van der Waals surface area contributed by atoms with Crippen LogP contribution in [0.3, 0.4) is 0 Å². The number of nitrogens with one attached hydrogen (secondary N) is 1. The lowest BCUT2D eigenvalue weighted by atomic mass is 10.5. The molecule has 1 aromatic heterocycles. The van der Waals surface area contributed by atoms with Crippen LogP contribution in [0, 0.1) is 0 Å². The van der Waals surface area contributed by atoms with E-state index in [4.69, 9.17) is 4.74 Å². The molecule has 0 aliphatic carbocycles. The van der Waals surface area contributed by atoms with Crippen LogP contribution >= 0.6 is 11.3 Å². The molecule has 0 saturated carbocycles. The first-order chi connectivity index (χ1) is 7.27. The Morgan fingerprint density at radius 1 is 1.67 bits per heavy atom. The van der Waals surface area contributed by atoms with Gasteiger partial charge in [0.15, 0.2) is 10.8 Å². The molecule has 15 heavy (non-hydrogen) atoms. The standard InChI is InChI=1S/C9H14N2O3S/c1-3-14-5-4-10-9-11-7(6-15-9)8(12)13-2/h6H,3-5H2,1-2H3,(H,10,11). The van der Waals surface area contributed by atoms with E-state index in [1.165, 1.54) is 18.4 Å². The zero-order valence-corrected chi connectivity index (χ0v) is 9.60. The molecular formula is C9H14N2O3S. The van der Waals surface area contributed by atoms with Gasteiger partial charge in [-0.05, 0) is 6.92 Å². The number of methoxy groups -OCH3 is 1. The highest BCUT2D eigenvalue weighted by molar-refractivity contribution is 7.13. The fourth-order valence-corrected chi connectivity index (χ4v) is 1.64. The summed E-state index contributed by atoms with van der Waals surface area (Å²) in [5.74, 6) is -0.413. The molecule has 1 rings (SSSR count). The fourth-order valence-electron chi connectivity index (χ4n) is 0.928. The van der Waals surface area contributed by atoms with Gasteiger partial charge in [-0.25, -0.2) is 9.78 Å². The minimum atomic E-state index is -0.413. The predicted molar refractivity (Wildman–Crippen MR) is 58.4 cm³/mol. The summed E-state index contributed by atoms with van der Waals surface area (Å²) in [5.41, 5.74) is 0.335. The first-order valence-electron chi connectivity index (χ1n) is 4.63. The molecule has 0 aromatic carbocycles. The number of nitrogens with zero attached hydrogens (tertiary/aromatic N) is 1. The van der Waals surface area contributed by atoms with E-state index in [-0.39, 0.29) is 0 Å². The van der Waals surface area contributed by atoms with Gasteiger partial charge in [-0.3, -0.25) is 0 Å². The minimum absolute atomic E-state index is 0.335. The zero-order chi connectivity index (χ0) is 11.1. The number of carbonyl (C=O) groups excluding carboxylic acids is 1. The van der Waals surface area contributed by atoms with E-state index in [0.717, 1.165) is 0 Å². The van der Waals surface area contributed by atoms with Crippen LogP contribution in [0.1, 0.15) is 17.4 Å². The van der Waals surface area contributed by atoms with Crippen molar-refractivity contribution in [1.82, 2.24) is 4.98 Å². The highest BCUT2D eigenvalue weighted by atomic mass is 32.1. The molecule has 0 amide bonds. The highest BCUT2D eigenvalue weighted by Gasteiger charge is 2.09. The molecule has 0 unspecified atom stereocenters. The monoisotopic (exact) mass is 230 g/mol. The van der Waals surface area contributed by atoms with Crippen molar-refractivity contribution in [1.29, 1.82) is 0 Å². The Hall–Kier alpha value is -1.14.